The van der Waals surface area contributed by atoms with Gasteiger partial charge in [0.25, 0.3) is 0 Å². The summed E-state index contributed by atoms with van der Waals surface area (Å²) in [4.78, 5) is 2.36. The van der Waals surface area contributed by atoms with Crippen LogP contribution in [0.5, 0.6) is 0 Å². The molecule has 2 aromatic rings. The van der Waals surface area contributed by atoms with Gasteiger partial charge in [-0.2, -0.15) is 0 Å². The van der Waals surface area contributed by atoms with Gasteiger partial charge in [0.15, 0.2) is 0 Å². The minimum absolute atomic E-state index is 0.849. The molecule has 0 spiro atoms. The predicted molar refractivity (Wildman–Crippen MR) is 74.9 cm³/mol. The van der Waals surface area contributed by atoms with Crippen molar-refractivity contribution in [2.75, 3.05) is 10.6 Å². The van der Waals surface area contributed by atoms with Crippen LogP contribution in [0.15, 0.2) is 46.9 Å². The Balaban J connectivity index is 1.88. The van der Waals surface area contributed by atoms with Crippen LogP contribution < -0.4 is 10.6 Å². The molecule has 0 bridgehead atoms. The Labute approximate surface area is 109 Å². The van der Waals surface area contributed by atoms with Crippen LogP contribution in [-0.2, 0) is 13.1 Å². The van der Waals surface area contributed by atoms with E-state index < -0.39 is 0 Å². The van der Waals surface area contributed by atoms with E-state index in [1.165, 1.54) is 16.8 Å². The van der Waals surface area contributed by atoms with Crippen LogP contribution in [-0.4, -0.2) is 0 Å². The van der Waals surface area contributed by atoms with Crippen molar-refractivity contribution in [2.24, 2.45) is 0 Å². The summed E-state index contributed by atoms with van der Waals surface area (Å²) < 4.78 is 1.11. The number of hydrogen-bond acceptors (Lipinski definition) is 2. The van der Waals surface area contributed by atoms with Crippen molar-refractivity contribution in [1.82, 2.24) is 0 Å². The van der Waals surface area contributed by atoms with E-state index in [-0.39, 0.29) is 0 Å². The lowest BCUT2D eigenvalue weighted by atomic mass is 10.1. The van der Waals surface area contributed by atoms with E-state index in [0.29, 0.717) is 0 Å². The normalized spacial score (nSPS) is 13.8. The number of nitrogens with two attached hydrogens (primary N) is 1. The molecule has 0 aromatic heterocycles. The van der Waals surface area contributed by atoms with Gasteiger partial charge in [-0.3, -0.25) is 0 Å². The third-order valence-electron chi connectivity index (χ3n) is 3.14. The van der Waals surface area contributed by atoms with Gasteiger partial charge in [0, 0.05) is 28.9 Å². The fraction of sp³-hybridized carbons (Fsp3) is 0.143. The maximum Gasteiger partial charge on any atom is 0.0437 e. The molecule has 0 amide bonds. The van der Waals surface area contributed by atoms with Crippen LogP contribution in [0.3, 0.4) is 0 Å². The van der Waals surface area contributed by atoms with Crippen molar-refractivity contribution in [1.29, 1.82) is 0 Å². The fourth-order valence-electron chi connectivity index (χ4n) is 2.25. The van der Waals surface area contributed by atoms with Crippen molar-refractivity contribution in [2.45, 2.75) is 13.1 Å². The van der Waals surface area contributed by atoms with Crippen LogP contribution in [0.1, 0.15) is 11.1 Å². The topological polar surface area (TPSA) is 29.3 Å². The zero-order valence-corrected chi connectivity index (χ0v) is 10.9. The van der Waals surface area contributed by atoms with Crippen molar-refractivity contribution < 1.29 is 0 Å². The van der Waals surface area contributed by atoms with Gasteiger partial charge in [-0.15, -0.1) is 0 Å². The predicted octanol–water partition coefficient (Wildman–Crippen LogP) is 3.55. The van der Waals surface area contributed by atoms with Crippen LogP contribution in [0.4, 0.5) is 11.4 Å². The summed E-state index contributed by atoms with van der Waals surface area (Å²) in [6.45, 7) is 1.92. The van der Waals surface area contributed by atoms with E-state index in [0.717, 1.165) is 23.2 Å². The summed E-state index contributed by atoms with van der Waals surface area (Å²) in [5.41, 5.74) is 10.6. The van der Waals surface area contributed by atoms with E-state index in [1.807, 2.05) is 6.07 Å². The summed E-state index contributed by atoms with van der Waals surface area (Å²) in [5, 5.41) is 0. The smallest absolute Gasteiger partial charge is 0.0437 e. The van der Waals surface area contributed by atoms with Gasteiger partial charge in [-0.1, -0.05) is 22.0 Å². The summed E-state index contributed by atoms with van der Waals surface area (Å²) in [6, 6.07) is 14.6. The molecule has 0 atom stereocenters. The molecular formula is C14H13BrN2. The molecule has 0 radical (unpaired) electrons. The van der Waals surface area contributed by atoms with Crippen LogP contribution in [0.25, 0.3) is 0 Å². The zero-order valence-electron chi connectivity index (χ0n) is 9.36. The largest absolute Gasteiger partial charge is 0.399 e. The molecule has 86 valence electrons. The summed E-state index contributed by atoms with van der Waals surface area (Å²) >= 11 is 3.46. The van der Waals surface area contributed by atoms with Gasteiger partial charge >= 0.3 is 0 Å². The Bertz CT molecular complexity index is 549. The first-order chi connectivity index (χ1) is 8.22. The first kappa shape index (κ1) is 10.7. The molecule has 2 N–H and O–H groups in total. The highest BCUT2D eigenvalue weighted by Gasteiger charge is 2.18. The second-order valence-electron chi connectivity index (χ2n) is 4.36. The Morgan fingerprint density at radius 2 is 1.65 bits per heavy atom. The van der Waals surface area contributed by atoms with Crippen molar-refractivity contribution >= 4 is 27.3 Å². The Kier molecular flexibility index (Phi) is 2.56. The van der Waals surface area contributed by atoms with Crippen LogP contribution >= 0.6 is 15.9 Å². The van der Waals surface area contributed by atoms with Gasteiger partial charge in [-0.05, 0) is 47.5 Å². The third kappa shape index (κ3) is 2.03. The first-order valence-corrected chi connectivity index (χ1v) is 6.39. The molecule has 2 aromatic carbocycles. The first-order valence-electron chi connectivity index (χ1n) is 5.60. The number of anilines is 2. The molecule has 1 aliphatic heterocycles. The van der Waals surface area contributed by atoms with E-state index >= 15 is 0 Å². The van der Waals surface area contributed by atoms with E-state index in [9.17, 15) is 0 Å². The molecule has 0 aliphatic carbocycles. The molecule has 0 saturated heterocycles. The van der Waals surface area contributed by atoms with Crippen LogP contribution in [0.2, 0.25) is 0 Å². The molecule has 1 heterocycles. The quantitative estimate of drug-likeness (QED) is 0.813. The highest BCUT2D eigenvalue weighted by Crippen LogP contribution is 2.29. The average Bonchev–Trinajstić information content (AvgIpc) is 2.72. The Morgan fingerprint density at radius 3 is 2.41 bits per heavy atom. The van der Waals surface area contributed by atoms with Gasteiger partial charge in [0.05, 0.1) is 0 Å². The Hall–Kier alpha value is -1.48. The molecule has 0 fully saturated rings. The lowest BCUT2D eigenvalue weighted by Gasteiger charge is -2.17. The minimum Gasteiger partial charge on any atom is -0.399 e. The second kappa shape index (κ2) is 4.08. The lowest BCUT2D eigenvalue weighted by Crippen LogP contribution is -2.13. The SMILES string of the molecule is Nc1ccc2c(c1)CN(c1ccc(Br)cc1)C2. The van der Waals surface area contributed by atoms with E-state index in [2.05, 4.69) is 57.2 Å². The second-order valence-corrected chi connectivity index (χ2v) is 5.28. The molecule has 0 unspecified atom stereocenters. The minimum atomic E-state index is 0.849. The molecule has 1 aliphatic rings. The number of fused-ring (bicyclic) bond motifs is 1. The molecule has 3 rings (SSSR count). The zero-order chi connectivity index (χ0) is 11.8. The standard InChI is InChI=1S/C14H13BrN2/c15-12-2-5-14(6-3-12)17-8-10-1-4-13(16)7-11(10)9-17/h1-7H,8-9,16H2. The Morgan fingerprint density at radius 1 is 0.941 bits per heavy atom. The average molecular weight is 289 g/mol. The van der Waals surface area contributed by atoms with Gasteiger partial charge in [-0.25, -0.2) is 0 Å². The highest BCUT2D eigenvalue weighted by molar-refractivity contribution is 9.10. The maximum absolute atomic E-state index is 5.81. The van der Waals surface area contributed by atoms with Crippen molar-refractivity contribution in [3.63, 3.8) is 0 Å². The summed E-state index contributed by atoms with van der Waals surface area (Å²) in [7, 11) is 0. The van der Waals surface area contributed by atoms with Crippen molar-refractivity contribution in [3.05, 3.63) is 58.1 Å². The molecular weight excluding hydrogens is 276 g/mol. The number of hydrogen-bond donors (Lipinski definition) is 1. The number of halogens is 1. The van der Waals surface area contributed by atoms with Gasteiger partial charge < -0.3 is 10.6 Å². The maximum atomic E-state index is 5.81. The van der Waals surface area contributed by atoms with Crippen LogP contribution in [0, 0.1) is 0 Å². The number of benzene rings is 2. The number of rotatable bonds is 1. The van der Waals surface area contributed by atoms with E-state index in [1.54, 1.807) is 0 Å². The number of nitrogens with zero attached hydrogens (tertiary/aromatic N) is 1. The summed E-state index contributed by atoms with van der Waals surface area (Å²) in [6.07, 6.45) is 0. The van der Waals surface area contributed by atoms with Crippen molar-refractivity contribution in [3.8, 4) is 0 Å². The van der Waals surface area contributed by atoms with E-state index in [4.69, 9.17) is 5.73 Å². The monoisotopic (exact) mass is 288 g/mol. The highest BCUT2D eigenvalue weighted by atomic mass is 79.9. The summed E-state index contributed by atoms with van der Waals surface area (Å²) in [5.74, 6) is 0. The molecule has 17 heavy (non-hydrogen) atoms. The number of nitrogen functional groups attached to an aromatic ring is 1. The molecule has 2 nitrogen and oxygen atoms in total. The fourth-order valence-corrected chi connectivity index (χ4v) is 2.51. The van der Waals surface area contributed by atoms with Gasteiger partial charge in [0.1, 0.15) is 0 Å². The van der Waals surface area contributed by atoms with Gasteiger partial charge in [0.2, 0.25) is 0 Å². The third-order valence-corrected chi connectivity index (χ3v) is 3.67. The molecule has 3 heteroatoms. The lowest BCUT2D eigenvalue weighted by molar-refractivity contribution is 0.880. The molecule has 0 saturated carbocycles.